The molecule has 1 aromatic carbocycles. The minimum atomic E-state index is -0.0658. The molecule has 0 saturated carbocycles. The molecule has 4 heteroatoms. The number of nitrogens with zero attached hydrogens (tertiary/aromatic N) is 1. The van der Waals surface area contributed by atoms with Crippen molar-refractivity contribution in [2.45, 2.75) is 20.3 Å². The van der Waals surface area contributed by atoms with Gasteiger partial charge in [0.1, 0.15) is 5.75 Å². The van der Waals surface area contributed by atoms with Gasteiger partial charge in [-0.05, 0) is 24.5 Å². The predicted octanol–water partition coefficient (Wildman–Crippen LogP) is 2.03. The van der Waals surface area contributed by atoms with Gasteiger partial charge in [-0.2, -0.15) is 0 Å². The number of carbonyl (C=O) groups is 1. The van der Waals surface area contributed by atoms with Crippen molar-refractivity contribution in [2.75, 3.05) is 25.1 Å². The second kappa shape index (κ2) is 7.01. The Hall–Kier alpha value is -1.55. The zero-order chi connectivity index (χ0) is 13.5. The Kier molecular flexibility index (Phi) is 5.65. The van der Waals surface area contributed by atoms with Gasteiger partial charge in [0.05, 0.1) is 13.7 Å². The monoisotopic (exact) mass is 250 g/mol. The molecule has 1 amide bonds. The highest BCUT2D eigenvalue weighted by Gasteiger charge is 2.14. The lowest BCUT2D eigenvalue weighted by atomic mass is 10.1. The molecule has 0 saturated heterocycles. The second-order valence-corrected chi connectivity index (χ2v) is 4.63. The Morgan fingerprint density at radius 1 is 1.44 bits per heavy atom. The summed E-state index contributed by atoms with van der Waals surface area (Å²) in [6.45, 7) is 4.98. The van der Waals surface area contributed by atoms with E-state index in [1.54, 1.807) is 12.0 Å². The number of hydrogen-bond acceptors (Lipinski definition) is 3. The van der Waals surface area contributed by atoms with E-state index in [1.165, 1.54) is 0 Å². The molecule has 0 aromatic heterocycles. The molecule has 4 nitrogen and oxygen atoms in total. The van der Waals surface area contributed by atoms with Crippen LogP contribution in [0.2, 0.25) is 0 Å². The van der Waals surface area contributed by atoms with Crippen molar-refractivity contribution >= 4 is 11.6 Å². The Morgan fingerprint density at radius 2 is 2.17 bits per heavy atom. The molecule has 0 aliphatic carbocycles. The van der Waals surface area contributed by atoms with Crippen molar-refractivity contribution < 1.29 is 9.53 Å². The summed E-state index contributed by atoms with van der Waals surface area (Å²) in [5.41, 5.74) is 6.30. The lowest BCUT2D eigenvalue weighted by Gasteiger charge is -2.23. The Bertz CT molecular complexity index is 391. The lowest BCUT2D eigenvalue weighted by Crippen LogP contribution is -2.37. The van der Waals surface area contributed by atoms with Crippen LogP contribution in [0.1, 0.15) is 20.3 Å². The van der Waals surface area contributed by atoms with Crippen LogP contribution in [0.3, 0.4) is 0 Å². The van der Waals surface area contributed by atoms with Crippen LogP contribution in [0.15, 0.2) is 24.3 Å². The number of hydrogen-bond donors (Lipinski definition) is 1. The number of nitrogens with two attached hydrogens (primary N) is 1. The van der Waals surface area contributed by atoms with Crippen LogP contribution in [0, 0.1) is 5.92 Å². The van der Waals surface area contributed by atoms with E-state index in [0.717, 1.165) is 17.9 Å². The van der Waals surface area contributed by atoms with Crippen LogP contribution in [0.4, 0.5) is 5.69 Å². The molecule has 100 valence electrons. The van der Waals surface area contributed by atoms with Gasteiger partial charge in [-0.25, -0.2) is 0 Å². The number of methoxy groups -OCH3 is 1. The second-order valence-electron chi connectivity index (χ2n) is 4.63. The average molecular weight is 250 g/mol. The highest BCUT2D eigenvalue weighted by atomic mass is 16.5. The zero-order valence-corrected chi connectivity index (χ0v) is 11.3. The molecule has 0 aliphatic rings. The predicted molar refractivity (Wildman–Crippen MR) is 73.9 cm³/mol. The number of carbonyl (C=O) groups excluding carboxylic acids is 1. The van der Waals surface area contributed by atoms with Crippen molar-refractivity contribution in [1.29, 1.82) is 0 Å². The first kappa shape index (κ1) is 14.5. The van der Waals surface area contributed by atoms with E-state index in [-0.39, 0.29) is 12.5 Å². The maximum Gasteiger partial charge on any atom is 0.240 e. The fraction of sp³-hybridized carbons (Fsp3) is 0.500. The normalized spacial score (nSPS) is 10.5. The van der Waals surface area contributed by atoms with Crippen molar-refractivity contribution in [3.05, 3.63) is 24.3 Å². The summed E-state index contributed by atoms with van der Waals surface area (Å²) < 4.78 is 5.17. The molecule has 0 radical (unpaired) electrons. The third-order valence-corrected chi connectivity index (χ3v) is 2.77. The van der Waals surface area contributed by atoms with E-state index in [4.69, 9.17) is 10.5 Å². The largest absolute Gasteiger partial charge is 0.497 e. The molecule has 1 rings (SSSR count). The number of benzene rings is 1. The summed E-state index contributed by atoms with van der Waals surface area (Å²) in [7, 11) is 1.61. The topological polar surface area (TPSA) is 55.6 Å². The maximum absolute atomic E-state index is 11.9. The van der Waals surface area contributed by atoms with Gasteiger partial charge in [-0.3, -0.25) is 4.79 Å². The third-order valence-electron chi connectivity index (χ3n) is 2.77. The van der Waals surface area contributed by atoms with Crippen LogP contribution in [0.25, 0.3) is 0 Å². The van der Waals surface area contributed by atoms with Crippen LogP contribution in [-0.2, 0) is 4.79 Å². The number of rotatable bonds is 6. The summed E-state index contributed by atoms with van der Waals surface area (Å²) >= 11 is 0. The van der Waals surface area contributed by atoms with Crippen LogP contribution >= 0.6 is 0 Å². The highest BCUT2D eigenvalue weighted by molar-refractivity contribution is 5.94. The lowest BCUT2D eigenvalue weighted by molar-refractivity contribution is -0.117. The molecule has 18 heavy (non-hydrogen) atoms. The third kappa shape index (κ3) is 4.04. The molecule has 0 atom stereocenters. The van der Waals surface area contributed by atoms with Gasteiger partial charge in [-0.1, -0.05) is 19.9 Å². The molecule has 0 spiro atoms. The van der Waals surface area contributed by atoms with E-state index < -0.39 is 0 Å². The zero-order valence-electron chi connectivity index (χ0n) is 11.3. The standard InChI is InChI=1S/C14H22N2O2/c1-11(2)7-8-16(14(17)10-15)12-5-4-6-13(9-12)18-3/h4-6,9,11H,7-8,10,15H2,1-3H3. The summed E-state index contributed by atoms with van der Waals surface area (Å²) in [6.07, 6.45) is 0.947. The molecule has 0 bridgehead atoms. The van der Waals surface area contributed by atoms with Crippen LogP contribution in [0.5, 0.6) is 5.75 Å². The minimum absolute atomic E-state index is 0.0231. The molecule has 1 aromatic rings. The van der Waals surface area contributed by atoms with Gasteiger partial charge in [-0.15, -0.1) is 0 Å². The van der Waals surface area contributed by atoms with E-state index in [9.17, 15) is 4.79 Å². The molecular formula is C14H22N2O2. The first-order chi connectivity index (χ1) is 8.58. The Balaban J connectivity index is 2.90. The molecule has 0 aliphatic heterocycles. The van der Waals surface area contributed by atoms with Crippen molar-refractivity contribution in [1.82, 2.24) is 0 Å². The Morgan fingerprint density at radius 3 is 2.72 bits per heavy atom. The van der Waals surface area contributed by atoms with Gasteiger partial charge in [0, 0.05) is 18.3 Å². The number of ether oxygens (including phenoxy) is 1. The van der Waals surface area contributed by atoms with Gasteiger partial charge in [0.15, 0.2) is 0 Å². The minimum Gasteiger partial charge on any atom is -0.497 e. The number of amides is 1. The molecule has 0 unspecified atom stereocenters. The van der Waals surface area contributed by atoms with Gasteiger partial charge in [0.25, 0.3) is 0 Å². The smallest absolute Gasteiger partial charge is 0.240 e. The van der Waals surface area contributed by atoms with E-state index in [1.807, 2.05) is 24.3 Å². The van der Waals surface area contributed by atoms with Crippen LogP contribution < -0.4 is 15.4 Å². The SMILES string of the molecule is COc1cccc(N(CCC(C)C)C(=O)CN)c1. The highest BCUT2D eigenvalue weighted by Crippen LogP contribution is 2.21. The van der Waals surface area contributed by atoms with E-state index in [0.29, 0.717) is 12.5 Å². The van der Waals surface area contributed by atoms with Crippen LogP contribution in [-0.4, -0.2) is 26.1 Å². The average Bonchev–Trinajstić information content (AvgIpc) is 2.38. The van der Waals surface area contributed by atoms with Gasteiger partial charge < -0.3 is 15.4 Å². The van der Waals surface area contributed by atoms with Gasteiger partial charge >= 0.3 is 0 Å². The van der Waals surface area contributed by atoms with Crippen molar-refractivity contribution in [3.8, 4) is 5.75 Å². The summed E-state index contributed by atoms with van der Waals surface area (Å²) in [5.74, 6) is 1.22. The van der Waals surface area contributed by atoms with Gasteiger partial charge in [0.2, 0.25) is 5.91 Å². The maximum atomic E-state index is 11.9. The van der Waals surface area contributed by atoms with Crippen molar-refractivity contribution in [2.24, 2.45) is 11.7 Å². The summed E-state index contributed by atoms with van der Waals surface area (Å²) in [4.78, 5) is 13.6. The first-order valence-corrected chi connectivity index (χ1v) is 6.23. The fourth-order valence-electron chi connectivity index (χ4n) is 1.67. The van der Waals surface area contributed by atoms with Crippen molar-refractivity contribution in [3.63, 3.8) is 0 Å². The number of anilines is 1. The molecule has 2 N–H and O–H groups in total. The van der Waals surface area contributed by atoms with E-state index in [2.05, 4.69) is 13.8 Å². The van der Waals surface area contributed by atoms with E-state index >= 15 is 0 Å². The summed E-state index contributed by atoms with van der Waals surface area (Å²) in [5, 5.41) is 0. The Labute approximate surface area is 109 Å². The summed E-state index contributed by atoms with van der Waals surface area (Å²) in [6, 6.07) is 7.49. The molecule has 0 fully saturated rings. The molecular weight excluding hydrogens is 228 g/mol. The quantitative estimate of drug-likeness (QED) is 0.840. The fourth-order valence-corrected chi connectivity index (χ4v) is 1.67. The first-order valence-electron chi connectivity index (χ1n) is 6.23. The molecule has 0 heterocycles.